The molecular weight excluding hydrogens is 234 g/mol. The number of carbonyl (C=O) groups excluding carboxylic acids is 1. The molecule has 0 aliphatic rings. The number of amides is 1. The summed E-state index contributed by atoms with van der Waals surface area (Å²) in [7, 11) is -2.01. The fraction of sp³-hybridized carbons (Fsp3) is 0.750. The van der Waals surface area contributed by atoms with E-state index in [1.165, 1.54) is 6.08 Å². The van der Waals surface area contributed by atoms with E-state index in [0.717, 1.165) is 12.5 Å². The average molecular weight is 259 g/mol. The van der Waals surface area contributed by atoms with Crippen molar-refractivity contribution in [3.05, 3.63) is 12.2 Å². The molecule has 4 nitrogen and oxygen atoms in total. The summed E-state index contributed by atoms with van der Waals surface area (Å²) in [4.78, 5) is 11.2. The SMILES string of the molecule is C/C=C\C(=O)NCCC[Si](C)(OCC)OCC. The summed E-state index contributed by atoms with van der Waals surface area (Å²) in [5.41, 5.74) is 0. The Morgan fingerprint density at radius 2 is 1.88 bits per heavy atom. The molecular formula is C12H25NO3Si. The van der Waals surface area contributed by atoms with E-state index in [1.807, 2.05) is 20.8 Å². The molecule has 0 saturated carbocycles. The Morgan fingerprint density at radius 3 is 2.35 bits per heavy atom. The topological polar surface area (TPSA) is 47.6 Å². The number of hydrogen-bond acceptors (Lipinski definition) is 3. The van der Waals surface area contributed by atoms with Gasteiger partial charge in [0, 0.05) is 19.8 Å². The Labute approximate surface area is 106 Å². The maximum absolute atomic E-state index is 11.2. The van der Waals surface area contributed by atoms with Gasteiger partial charge in [0.15, 0.2) is 0 Å². The van der Waals surface area contributed by atoms with Gasteiger partial charge < -0.3 is 14.2 Å². The average Bonchev–Trinajstić information content (AvgIpc) is 2.26. The highest BCUT2D eigenvalue weighted by atomic mass is 28.4. The second-order valence-corrected chi connectivity index (χ2v) is 7.24. The first-order valence-electron chi connectivity index (χ1n) is 6.26. The van der Waals surface area contributed by atoms with Crippen molar-refractivity contribution < 1.29 is 13.6 Å². The Kier molecular flexibility index (Phi) is 9.02. The summed E-state index contributed by atoms with van der Waals surface area (Å²) in [6.07, 6.45) is 4.16. The van der Waals surface area contributed by atoms with E-state index in [0.29, 0.717) is 19.8 Å². The summed E-state index contributed by atoms with van der Waals surface area (Å²) in [6, 6.07) is 0.908. The molecule has 0 saturated heterocycles. The van der Waals surface area contributed by atoms with Crippen LogP contribution in [0.5, 0.6) is 0 Å². The molecule has 0 rings (SSSR count). The largest absolute Gasteiger partial charge is 0.395 e. The number of rotatable bonds is 9. The van der Waals surface area contributed by atoms with Gasteiger partial charge >= 0.3 is 8.56 Å². The number of allylic oxidation sites excluding steroid dienone is 1. The zero-order chi connectivity index (χ0) is 13.1. The molecule has 0 unspecified atom stereocenters. The molecule has 0 fully saturated rings. The van der Waals surface area contributed by atoms with Gasteiger partial charge in [0.1, 0.15) is 0 Å². The van der Waals surface area contributed by atoms with Gasteiger partial charge in [-0.3, -0.25) is 4.79 Å². The molecule has 0 heterocycles. The van der Waals surface area contributed by atoms with Crippen molar-refractivity contribution in [1.29, 1.82) is 0 Å². The normalized spacial score (nSPS) is 12.0. The fourth-order valence-electron chi connectivity index (χ4n) is 1.63. The lowest BCUT2D eigenvalue weighted by Crippen LogP contribution is -2.39. The van der Waals surface area contributed by atoms with E-state index in [2.05, 4.69) is 11.9 Å². The van der Waals surface area contributed by atoms with Crippen LogP contribution >= 0.6 is 0 Å². The predicted molar refractivity (Wildman–Crippen MR) is 72.1 cm³/mol. The minimum atomic E-state index is -2.01. The molecule has 5 heteroatoms. The smallest absolute Gasteiger partial charge is 0.334 e. The summed E-state index contributed by atoms with van der Waals surface area (Å²) >= 11 is 0. The maximum Gasteiger partial charge on any atom is 0.334 e. The van der Waals surface area contributed by atoms with Crippen LogP contribution in [0.3, 0.4) is 0 Å². The number of nitrogens with one attached hydrogen (secondary N) is 1. The van der Waals surface area contributed by atoms with Crippen LogP contribution in [0.1, 0.15) is 27.2 Å². The summed E-state index contributed by atoms with van der Waals surface area (Å²) < 4.78 is 11.4. The molecule has 0 bridgehead atoms. The molecule has 0 radical (unpaired) electrons. The van der Waals surface area contributed by atoms with Crippen LogP contribution in [-0.4, -0.2) is 34.2 Å². The monoisotopic (exact) mass is 259 g/mol. The van der Waals surface area contributed by atoms with E-state index < -0.39 is 8.56 Å². The molecule has 0 aromatic rings. The second-order valence-electron chi connectivity index (χ2n) is 3.89. The van der Waals surface area contributed by atoms with Gasteiger partial charge in [0.05, 0.1) is 0 Å². The third-order valence-electron chi connectivity index (χ3n) is 2.32. The Morgan fingerprint density at radius 1 is 1.29 bits per heavy atom. The third kappa shape index (κ3) is 8.12. The van der Waals surface area contributed by atoms with Crippen LogP contribution < -0.4 is 5.32 Å². The quantitative estimate of drug-likeness (QED) is 0.392. The van der Waals surface area contributed by atoms with Crippen LogP contribution in [0.2, 0.25) is 12.6 Å². The molecule has 0 spiro atoms. The fourth-order valence-corrected chi connectivity index (χ4v) is 4.04. The third-order valence-corrected chi connectivity index (χ3v) is 5.38. The molecule has 0 aromatic heterocycles. The van der Waals surface area contributed by atoms with Gasteiger partial charge in [-0.2, -0.15) is 0 Å². The van der Waals surface area contributed by atoms with Crippen LogP contribution in [0.25, 0.3) is 0 Å². The van der Waals surface area contributed by atoms with Crippen molar-refractivity contribution in [1.82, 2.24) is 5.32 Å². The highest BCUT2D eigenvalue weighted by Crippen LogP contribution is 2.15. The van der Waals surface area contributed by atoms with Gasteiger partial charge in [-0.25, -0.2) is 0 Å². The molecule has 100 valence electrons. The predicted octanol–water partition coefficient (Wildman–Crippen LogP) is 2.21. The Bertz CT molecular complexity index is 238. The second kappa shape index (κ2) is 9.38. The summed E-state index contributed by atoms with van der Waals surface area (Å²) in [5, 5.41) is 2.83. The van der Waals surface area contributed by atoms with Crippen molar-refractivity contribution in [2.45, 2.75) is 39.8 Å². The van der Waals surface area contributed by atoms with Crippen molar-refractivity contribution >= 4 is 14.5 Å². The number of hydrogen-bond donors (Lipinski definition) is 1. The van der Waals surface area contributed by atoms with E-state index in [4.69, 9.17) is 8.85 Å². The van der Waals surface area contributed by atoms with Crippen LogP contribution in [0.4, 0.5) is 0 Å². The lowest BCUT2D eigenvalue weighted by molar-refractivity contribution is -0.116. The number of carbonyl (C=O) groups is 1. The van der Waals surface area contributed by atoms with Crippen LogP contribution in [0, 0.1) is 0 Å². The first-order chi connectivity index (χ1) is 8.08. The molecule has 1 N–H and O–H groups in total. The molecule has 0 atom stereocenters. The van der Waals surface area contributed by atoms with Crippen molar-refractivity contribution in [2.75, 3.05) is 19.8 Å². The summed E-state index contributed by atoms with van der Waals surface area (Å²) in [6.45, 7) is 9.92. The molecule has 0 aliphatic heterocycles. The molecule has 1 amide bonds. The molecule has 0 aliphatic carbocycles. The highest BCUT2D eigenvalue weighted by molar-refractivity contribution is 6.66. The maximum atomic E-state index is 11.2. The molecule has 17 heavy (non-hydrogen) atoms. The summed E-state index contributed by atoms with van der Waals surface area (Å²) in [5.74, 6) is -0.0383. The standard InChI is InChI=1S/C12H25NO3Si/c1-5-9-12(14)13-10-8-11-17(4,15-6-2)16-7-3/h5,9H,6-8,10-11H2,1-4H3,(H,13,14)/b9-5-. The van der Waals surface area contributed by atoms with Gasteiger partial charge in [-0.15, -0.1) is 0 Å². The minimum absolute atomic E-state index is 0.0383. The van der Waals surface area contributed by atoms with Crippen LogP contribution in [0.15, 0.2) is 12.2 Å². The lowest BCUT2D eigenvalue weighted by Gasteiger charge is -2.25. The van der Waals surface area contributed by atoms with Crippen molar-refractivity contribution in [3.63, 3.8) is 0 Å². The highest BCUT2D eigenvalue weighted by Gasteiger charge is 2.29. The Balaban J connectivity index is 3.86. The zero-order valence-electron chi connectivity index (χ0n) is 11.4. The van der Waals surface area contributed by atoms with Crippen LogP contribution in [-0.2, 0) is 13.6 Å². The van der Waals surface area contributed by atoms with Gasteiger partial charge in [-0.1, -0.05) is 6.08 Å². The van der Waals surface area contributed by atoms with E-state index in [9.17, 15) is 4.79 Å². The Hall–Kier alpha value is -0.653. The van der Waals surface area contributed by atoms with Gasteiger partial charge in [-0.05, 0) is 45.9 Å². The van der Waals surface area contributed by atoms with E-state index in [1.54, 1.807) is 6.08 Å². The van der Waals surface area contributed by atoms with E-state index >= 15 is 0 Å². The van der Waals surface area contributed by atoms with Gasteiger partial charge in [0.2, 0.25) is 5.91 Å². The molecule has 0 aromatic carbocycles. The minimum Gasteiger partial charge on any atom is -0.395 e. The van der Waals surface area contributed by atoms with Crippen molar-refractivity contribution in [3.8, 4) is 0 Å². The van der Waals surface area contributed by atoms with Crippen molar-refractivity contribution in [2.24, 2.45) is 0 Å². The zero-order valence-corrected chi connectivity index (χ0v) is 12.4. The first-order valence-corrected chi connectivity index (χ1v) is 8.78. The lowest BCUT2D eigenvalue weighted by atomic mass is 10.4. The first kappa shape index (κ1) is 16.3. The van der Waals surface area contributed by atoms with Gasteiger partial charge in [0.25, 0.3) is 0 Å². The van der Waals surface area contributed by atoms with E-state index in [-0.39, 0.29) is 5.91 Å².